The fraction of sp³-hybridized carbons (Fsp3) is 0.696. The highest BCUT2D eigenvalue weighted by Gasteiger charge is 2.22. The average molecular weight is 444 g/mol. The number of rotatable bonds is 7. The molecule has 0 radical (unpaired) electrons. The third-order valence-electron chi connectivity index (χ3n) is 6.60. The van der Waals surface area contributed by atoms with Crippen molar-refractivity contribution >= 4 is 30.7 Å². The Balaban J connectivity index is 0.00000210. The summed E-state index contributed by atoms with van der Waals surface area (Å²) in [5, 5.41) is 6.59. The summed E-state index contributed by atoms with van der Waals surface area (Å²) in [6.45, 7) is 9.61. The van der Waals surface area contributed by atoms with E-state index in [1.165, 1.54) is 49.8 Å². The molecule has 2 aliphatic rings. The summed E-state index contributed by atoms with van der Waals surface area (Å²) < 4.78 is 0. The lowest BCUT2D eigenvalue weighted by molar-refractivity contribution is -0.122. The lowest BCUT2D eigenvalue weighted by Gasteiger charge is -2.33. The number of likely N-dealkylation sites (tertiary alicyclic amines) is 1. The molecule has 29 heavy (non-hydrogen) atoms. The van der Waals surface area contributed by atoms with Crippen LogP contribution in [0, 0.1) is 11.8 Å². The normalized spacial score (nSPS) is 21.5. The Morgan fingerprint density at radius 3 is 2.52 bits per heavy atom. The topological polar surface area (TPSA) is 44.4 Å². The highest BCUT2D eigenvalue weighted by molar-refractivity contribution is 5.85. The number of piperidine rings is 2. The van der Waals surface area contributed by atoms with Crippen LogP contribution in [-0.2, 0) is 17.9 Å². The van der Waals surface area contributed by atoms with Gasteiger partial charge in [0.25, 0.3) is 0 Å². The first kappa shape index (κ1) is 26.2. The van der Waals surface area contributed by atoms with Gasteiger partial charge in [0.2, 0.25) is 5.91 Å². The summed E-state index contributed by atoms with van der Waals surface area (Å²) in [4.78, 5) is 15.1. The van der Waals surface area contributed by atoms with Crippen molar-refractivity contribution in [2.45, 2.75) is 71.5 Å². The molecule has 6 heteroatoms. The van der Waals surface area contributed by atoms with Crippen LogP contribution < -0.4 is 10.6 Å². The molecule has 2 aliphatic heterocycles. The minimum atomic E-state index is 0. The maximum Gasteiger partial charge on any atom is 0.220 e. The van der Waals surface area contributed by atoms with Gasteiger partial charge in [-0.25, -0.2) is 0 Å². The van der Waals surface area contributed by atoms with Gasteiger partial charge in [0, 0.05) is 25.6 Å². The third kappa shape index (κ3) is 8.09. The van der Waals surface area contributed by atoms with Crippen molar-refractivity contribution in [1.29, 1.82) is 0 Å². The molecule has 2 fully saturated rings. The van der Waals surface area contributed by atoms with Crippen molar-refractivity contribution < 1.29 is 4.79 Å². The lowest BCUT2D eigenvalue weighted by Crippen LogP contribution is -2.37. The molecule has 1 amide bonds. The number of nitrogens with zero attached hydrogens (tertiary/aromatic N) is 1. The van der Waals surface area contributed by atoms with Gasteiger partial charge in [-0.1, -0.05) is 37.6 Å². The molecular formula is C23H39Cl2N3O. The molecule has 0 saturated carbocycles. The Kier molecular flexibility index (Phi) is 12.2. The highest BCUT2D eigenvalue weighted by atomic mass is 35.5. The number of carbonyl (C=O) groups excluding carboxylic acids is 1. The first-order valence-corrected chi connectivity index (χ1v) is 10.9. The summed E-state index contributed by atoms with van der Waals surface area (Å²) in [5.41, 5.74) is 2.62. The zero-order chi connectivity index (χ0) is 19.1. The smallest absolute Gasteiger partial charge is 0.220 e. The number of benzene rings is 1. The summed E-state index contributed by atoms with van der Waals surface area (Å²) >= 11 is 0. The second-order valence-electron chi connectivity index (χ2n) is 8.63. The zero-order valence-corrected chi connectivity index (χ0v) is 19.6. The van der Waals surface area contributed by atoms with E-state index in [4.69, 9.17) is 0 Å². The number of amides is 1. The van der Waals surface area contributed by atoms with Crippen LogP contribution in [0.4, 0.5) is 0 Å². The maximum atomic E-state index is 12.5. The minimum Gasteiger partial charge on any atom is -0.352 e. The standard InChI is InChI=1S/C23H37N3O.2ClH/c1-18(20-10-12-24-13-11-20)15-23(27)25-16-21-8-3-4-9-22(21)17-26-14-6-5-7-19(26)2;;/h3-4,8-9,18-20,24H,5-7,10-17H2,1-2H3,(H,25,27);2*1H. The van der Waals surface area contributed by atoms with Gasteiger partial charge in [-0.3, -0.25) is 9.69 Å². The van der Waals surface area contributed by atoms with E-state index in [9.17, 15) is 4.79 Å². The van der Waals surface area contributed by atoms with E-state index < -0.39 is 0 Å². The van der Waals surface area contributed by atoms with Gasteiger partial charge in [0.15, 0.2) is 0 Å². The van der Waals surface area contributed by atoms with Crippen LogP contribution in [0.25, 0.3) is 0 Å². The molecule has 2 N–H and O–H groups in total. The Morgan fingerprint density at radius 2 is 1.83 bits per heavy atom. The SMILES string of the molecule is CC(CC(=O)NCc1ccccc1CN1CCCCC1C)C1CCNCC1.Cl.Cl. The number of nitrogens with one attached hydrogen (secondary N) is 2. The second kappa shape index (κ2) is 13.5. The quantitative estimate of drug-likeness (QED) is 0.649. The van der Waals surface area contributed by atoms with Crippen LogP contribution in [0.2, 0.25) is 0 Å². The van der Waals surface area contributed by atoms with E-state index in [0.29, 0.717) is 30.8 Å². The van der Waals surface area contributed by atoms with Crippen molar-refractivity contribution in [3.63, 3.8) is 0 Å². The van der Waals surface area contributed by atoms with Crippen LogP contribution >= 0.6 is 24.8 Å². The third-order valence-corrected chi connectivity index (χ3v) is 6.60. The van der Waals surface area contributed by atoms with E-state index in [1.54, 1.807) is 0 Å². The number of hydrogen-bond donors (Lipinski definition) is 2. The molecule has 2 atom stereocenters. The predicted octanol–water partition coefficient (Wildman–Crippen LogP) is 4.55. The minimum absolute atomic E-state index is 0. The largest absolute Gasteiger partial charge is 0.352 e. The number of carbonyl (C=O) groups is 1. The van der Waals surface area contributed by atoms with Crippen LogP contribution in [0.5, 0.6) is 0 Å². The van der Waals surface area contributed by atoms with Gasteiger partial charge >= 0.3 is 0 Å². The van der Waals surface area contributed by atoms with Gasteiger partial charge < -0.3 is 10.6 Å². The predicted molar refractivity (Wildman–Crippen MR) is 126 cm³/mol. The van der Waals surface area contributed by atoms with Gasteiger partial charge in [-0.15, -0.1) is 24.8 Å². The van der Waals surface area contributed by atoms with Crippen molar-refractivity contribution in [1.82, 2.24) is 15.5 Å². The van der Waals surface area contributed by atoms with E-state index in [0.717, 1.165) is 19.6 Å². The fourth-order valence-electron chi connectivity index (χ4n) is 4.63. The monoisotopic (exact) mass is 443 g/mol. The van der Waals surface area contributed by atoms with E-state index in [2.05, 4.69) is 53.6 Å². The fourth-order valence-corrected chi connectivity index (χ4v) is 4.63. The van der Waals surface area contributed by atoms with Crippen molar-refractivity contribution in [3.8, 4) is 0 Å². The number of hydrogen-bond acceptors (Lipinski definition) is 3. The highest BCUT2D eigenvalue weighted by Crippen LogP contribution is 2.24. The van der Waals surface area contributed by atoms with E-state index in [-0.39, 0.29) is 30.7 Å². The Hall–Kier alpha value is -0.810. The molecule has 0 aliphatic carbocycles. The van der Waals surface area contributed by atoms with Gasteiger partial charge in [0.05, 0.1) is 0 Å². The van der Waals surface area contributed by atoms with Gasteiger partial charge in [-0.05, 0) is 75.2 Å². The van der Waals surface area contributed by atoms with E-state index in [1.807, 2.05) is 0 Å². The molecule has 0 aromatic heterocycles. The van der Waals surface area contributed by atoms with Gasteiger partial charge in [-0.2, -0.15) is 0 Å². The van der Waals surface area contributed by atoms with Gasteiger partial charge in [0.1, 0.15) is 0 Å². The zero-order valence-electron chi connectivity index (χ0n) is 18.0. The van der Waals surface area contributed by atoms with E-state index >= 15 is 0 Å². The molecule has 2 heterocycles. The first-order valence-electron chi connectivity index (χ1n) is 10.9. The Morgan fingerprint density at radius 1 is 1.14 bits per heavy atom. The van der Waals surface area contributed by atoms with Crippen LogP contribution in [0.1, 0.15) is 63.5 Å². The molecule has 3 rings (SSSR count). The number of halogens is 2. The first-order chi connectivity index (χ1) is 13.1. The van der Waals surface area contributed by atoms with Crippen LogP contribution in [0.3, 0.4) is 0 Å². The Labute approximate surface area is 189 Å². The summed E-state index contributed by atoms with van der Waals surface area (Å²) in [7, 11) is 0. The van der Waals surface area contributed by atoms with Crippen LogP contribution in [0.15, 0.2) is 24.3 Å². The molecule has 4 nitrogen and oxygen atoms in total. The summed E-state index contributed by atoms with van der Waals surface area (Å²) in [6, 6.07) is 9.25. The van der Waals surface area contributed by atoms with Crippen LogP contribution in [-0.4, -0.2) is 36.5 Å². The molecular weight excluding hydrogens is 405 g/mol. The summed E-state index contributed by atoms with van der Waals surface area (Å²) in [6.07, 6.45) is 7.00. The van der Waals surface area contributed by atoms with Crippen molar-refractivity contribution in [2.24, 2.45) is 11.8 Å². The maximum absolute atomic E-state index is 12.5. The van der Waals surface area contributed by atoms with Crippen molar-refractivity contribution in [2.75, 3.05) is 19.6 Å². The summed E-state index contributed by atoms with van der Waals surface area (Å²) in [5.74, 6) is 1.35. The second-order valence-corrected chi connectivity index (χ2v) is 8.63. The average Bonchev–Trinajstić information content (AvgIpc) is 2.69. The molecule has 2 unspecified atom stereocenters. The lowest BCUT2D eigenvalue weighted by atomic mass is 9.84. The molecule has 166 valence electrons. The van der Waals surface area contributed by atoms with Crippen molar-refractivity contribution in [3.05, 3.63) is 35.4 Å². The Bertz CT molecular complexity index is 608. The molecule has 2 saturated heterocycles. The molecule has 1 aromatic rings. The molecule has 0 bridgehead atoms. The molecule has 1 aromatic carbocycles. The molecule has 0 spiro atoms.